The molecule has 8 nitrogen and oxygen atoms in total. The molecule has 0 bridgehead atoms. The summed E-state index contributed by atoms with van der Waals surface area (Å²) in [5, 5.41) is 14.9. The summed E-state index contributed by atoms with van der Waals surface area (Å²) in [5.41, 5.74) is 1.06. The fourth-order valence-electron chi connectivity index (χ4n) is 2.08. The molecule has 2 amide bonds. The van der Waals surface area contributed by atoms with E-state index in [4.69, 9.17) is 9.57 Å². The van der Waals surface area contributed by atoms with E-state index in [9.17, 15) is 14.9 Å². The maximum Gasteiger partial charge on any atom is 0.345 e. The summed E-state index contributed by atoms with van der Waals surface area (Å²) in [6.45, 7) is -0.119. The van der Waals surface area contributed by atoms with Crippen molar-refractivity contribution in [2.24, 2.45) is 0 Å². The third kappa shape index (κ3) is 5.18. The van der Waals surface area contributed by atoms with Gasteiger partial charge in [-0.15, -0.1) is 0 Å². The monoisotopic (exact) mass is 345 g/mol. The van der Waals surface area contributed by atoms with Crippen molar-refractivity contribution in [1.82, 2.24) is 5.06 Å². The Morgan fingerprint density at radius 1 is 1.24 bits per heavy atom. The van der Waals surface area contributed by atoms with Gasteiger partial charge in [-0.2, -0.15) is 0 Å². The molecular formula is C17H19N3O5. The molecule has 25 heavy (non-hydrogen) atoms. The quantitative estimate of drug-likeness (QED) is 0.615. The van der Waals surface area contributed by atoms with Crippen LogP contribution in [0.5, 0.6) is 5.75 Å². The van der Waals surface area contributed by atoms with E-state index in [2.05, 4.69) is 5.32 Å². The highest BCUT2D eigenvalue weighted by Crippen LogP contribution is 2.21. The van der Waals surface area contributed by atoms with Crippen LogP contribution in [0.15, 0.2) is 54.6 Å². The molecule has 0 saturated carbocycles. The molecule has 0 aliphatic heterocycles. The van der Waals surface area contributed by atoms with Gasteiger partial charge in [-0.1, -0.05) is 36.4 Å². The number of nitrogens with one attached hydrogen (secondary N) is 1. The first kappa shape index (κ1) is 18.2. The number of carbonyl (C=O) groups is 1. The lowest BCUT2D eigenvalue weighted by molar-refractivity contribution is -0.531. The summed E-state index contributed by atoms with van der Waals surface area (Å²) < 4.78 is 5.56. The summed E-state index contributed by atoms with van der Waals surface area (Å²) in [5.74, 6) is 0.417. The van der Waals surface area contributed by atoms with Crippen LogP contribution in [0.25, 0.3) is 0 Å². The van der Waals surface area contributed by atoms with Gasteiger partial charge < -0.3 is 10.1 Å². The molecule has 2 rings (SSSR count). The van der Waals surface area contributed by atoms with Gasteiger partial charge in [0.15, 0.2) is 6.61 Å². The lowest BCUT2D eigenvalue weighted by atomic mass is 10.1. The lowest BCUT2D eigenvalue weighted by Crippen LogP contribution is -2.30. The Morgan fingerprint density at radius 2 is 1.96 bits per heavy atom. The number of ether oxygens (including phenoxy) is 1. The Hall–Kier alpha value is -3.13. The first-order valence-electron chi connectivity index (χ1n) is 7.51. The van der Waals surface area contributed by atoms with Crippen LogP contribution in [-0.2, 0) is 4.84 Å². The number of nitro groups is 1. The highest BCUT2D eigenvalue weighted by atomic mass is 16.7. The number of amides is 2. The van der Waals surface area contributed by atoms with Gasteiger partial charge in [-0.3, -0.25) is 15.0 Å². The zero-order valence-corrected chi connectivity index (χ0v) is 13.9. The Bertz CT molecular complexity index is 723. The minimum absolute atomic E-state index is 0.119. The Kier molecular flexibility index (Phi) is 6.30. The van der Waals surface area contributed by atoms with E-state index in [-0.39, 0.29) is 11.5 Å². The van der Waals surface area contributed by atoms with Crippen molar-refractivity contribution in [3.8, 4) is 5.75 Å². The van der Waals surface area contributed by atoms with Gasteiger partial charge in [0.2, 0.25) is 0 Å². The second-order valence-electron chi connectivity index (χ2n) is 5.16. The molecule has 1 N–H and O–H groups in total. The summed E-state index contributed by atoms with van der Waals surface area (Å²) in [4.78, 5) is 27.4. The fourth-order valence-corrected chi connectivity index (χ4v) is 2.08. The van der Waals surface area contributed by atoms with Gasteiger partial charge in [0.05, 0.1) is 7.11 Å². The molecule has 8 heteroatoms. The molecule has 0 saturated heterocycles. The molecule has 1 unspecified atom stereocenters. The fraction of sp³-hybridized carbons (Fsp3) is 0.235. The summed E-state index contributed by atoms with van der Waals surface area (Å²) in [6.07, 6.45) is 0. The molecule has 1 atom stereocenters. The van der Waals surface area contributed by atoms with Gasteiger partial charge in [-0.25, -0.2) is 9.86 Å². The van der Waals surface area contributed by atoms with Crippen molar-refractivity contribution >= 4 is 11.7 Å². The van der Waals surface area contributed by atoms with Gasteiger partial charge >= 0.3 is 6.03 Å². The average Bonchev–Trinajstić information content (AvgIpc) is 2.62. The maximum atomic E-state index is 11.8. The number of hydroxylamine groups is 2. The Labute approximate surface area is 145 Å². The van der Waals surface area contributed by atoms with Gasteiger partial charge in [0.25, 0.3) is 6.04 Å². The molecule has 0 aliphatic carbocycles. The maximum absolute atomic E-state index is 11.8. The van der Waals surface area contributed by atoms with E-state index in [1.165, 1.54) is 14.2 Å². The number of carbonyl (C=O) groups excluding carboxylic acids is 1. The summed E-state index contributed by atoms with van der Waals surface area (Å²) in [7, 11) is 2.84. The van der Waals surface area contributed by atoms with Crippen molar-refractivity contribution < 1.29 is 19.3 Å². The zero-order valence-electron chi connectivity index (χ0n) is 13.9. The van der Waals surface area contributed by atoms with E-state index in [1.807, 2.05) is 0 Å². The van der Waals surface area contributed by atoms with E-state index in [0.29, 0.717) is 17.0 Å². The minimum Gasteiger partial charge on any atom is -0.486 e. The zero-order chi connectivity index (χ0) is 18.2. The summed E-state index contributed by atoms with van der Waals surface area (Å²) >= 11 is 0. The Balaban J connectivity index is 2.03. The van der Waals surface area contributed by atoms with Crippen LogP contribution in [0.2, 0.25) is 0 Å². The van der Waals surface area contributed by atoms with Gasteiger partial charge in [0, 0.05) is 29.3 Å². The van der Waals surface area contributed by atoms with Crippen molar-refractivity contribution in [3.05, 3.63) is 70.3 Å². The number of hydrogen-bond acceptors (Lipinski definition) is 5. The topological polar surface area (TPSA) is 93.9 Å². The Morgan fingerprint density at radius 3 is 2.60 bits per heavy atom. The molecule has 0 radical (unpaired) electrons. The normalized spacial score (nSPS) is 11.4. The smallest absolute Gasteiger partial charge is 0.345 e. The second kappa shape index (κ2) is 8.65. The van der Waals surface area contributed by atoms with Crippen LogP contribution in [0, 0.1) is 10.1 Å². The van der Waals surface area contributed by atoms with E-state index >= 15 is 0 Å². The molecule has 0 aromatic heterocycles. The van der Waals surface area contributed by atoms with Crippen LogP contribution in [0.3, 0.4) is 0 Å². The van der Waals surface area contributed by atoms with E-state index < -0.39 is 12.1 Å². The molecule has 132 valence electrons. The third-order valence-corrected chi connectivity index (χ3v) is 3.49. The van der Waals surface area contributed by atoms with E-state index in [1.54, 1.807) is 54.6 Å². The first-order valence-corrected chi connectivity index (χ1v) is 7.51. The number of rotatable bonds is 7. The minimum atomic E-state index is -0.973. The van der Waals surface area contributed by atoms with Crippen LogP contribution < -0.4 is 10.1 Å². The number of urea groups is 1. The van der Waals surface area contributed by atoms with Crippen LogP contribution in [-0.4, -0.2) is 36.8 Å². The third-order valence-electron chi connectivity index (χ3n) is 3.49. The van der Waals surface area contributed by atoms with Crippen LogP contribution in [0.1, 0.15) is 11.6 Å². The van der Waals surface area contributed by atoms with Crippen LogP contribution >= 0.6 is 0 Å². The second-order valence-corrected chi connectivity index (χ2v) is 5.16. The van der Waals surface area contributed by atoms with Gasteiger partial charge in [0.1, 0.15) is 5.75 Å². The van der Waals surface area contributed by atoms with E-state index in [0.717, 1.165) is 5.06 Å². The molecule has 2 aromatic carbocycles. The highest BCUT2D eigenvalue weighted by molar-refractivity contribution is 5.88. The predicted molar refractivity (Wildman–Crippen MR) is 91.9 cm³/mol. The van der Waals surface area contributed by atoms with Crippen molar-refractivity contribution in [1.29, 1.82) is 0 Å². The largest absolute Gasteiger partial charge is 0.486 e. The molecule has 0 aliphatic rings. The van der Waals surface area contributed by atoms with Gasteiger partial charge in [-0.05, 0) is 12.1 Å². The molecule has 0 spiro atoms. The molecular weight excluding hydrogens is 326 g/mol. The number of nitrogens with zero attached hydrogens (tertiary/aromatic N) is 2. The molecule has 0 heterocycles. The van der Waals surface area contributed by atoms with Crippen molar-refractivity contribution in [2.45, 2.75) is 6.04 Å². The SMILES string of the molecule is CON(C)C(=O)Nc1cccc(OCC(c2ccccc2)[N+](=O)[O-])c1. The summed E-state index contributed by atoms with van der Waals surface area (Å²) in [6, 6.07) is 13.8. The molecule has 2 aromatic rings. The van der Waals surface area contributed by atoms with Crippen molar-refractivity contribution in [3.63, 3.8) is 0 Å². The molecule has 0 fully saturated rings. The number of benzene rings is 2. The number of hydrogen-bond donors (Lipinski definition) is 1. The predicted octanol–water partition coefficient (Wildman–Crippen LogP) is 3.11. The van der Waals surface area contributed by atoms with Crippen LogP contribution in [0.4, 0.5) is 10.5 Å². The first-order chi connectivity index (χ1) is 12.0. The van der Waals surface area contributed by atoms with Crippen molar-refractivity contribution in [2.75, 3.05) is 26.1 Å². The lowest BCUT2D eigenvalue weighted by Gasteiger charge is -2.15. The standard InChI is InChI=1S/C17H19N3O5/c1-19(24-2)17(21)18-14-9-6-10-15(11-14)25-12-16(20(22)23)13-7-4-3-5-8-13/h3-11,16H,12H2,1-2H3,(H,18,21). The highest BCUT2D eigenvalue weighted by Gasteiger charge is 2.23. The average molecular weight is 345 g/mol. The number of anilines is 1.